The Labute approximate surface area is 286 Å². The van der Waals surface area contributed by atoms with Gasteiger partial charge in [0.1, 0.15) is 18.2 Å². The number of carboxylic acid groups (broad SMARTS) is 1. The van der Waals surface area contributed by atoms with Gasteiger partial charge in [-0.1, -0.05) is 66.7 Å². The lowest BCUT2D eigenvalue weighted by Gasteiger charge is -2.29. The van der Waals surface area contributed by atoms with Crippen LogP contribution < -0.4 is 10.1 Å². The van der Waals surface area contributed by atoms with Gasteiger partial charge in [0.15, 0.2) is 0 Å². The zero-order valence-corrected chi connectivity index (χ0v) is 28.2. The minimum absolute atomic E-state index is 0.0235. The van der Waals surface area contributed by atoms with E-state index in [1.165, 1.54) is 0 Å². The summed E-state index contributed by atoms with van der Waals surface area (Å²) < 4.78 is 7.95. The van der Waals surface area contributed by atoms with Crippen LogP contribution in [0.4, 0.5) is 0 Å². The molecule has 2 N–H and O–H groups in total. The van der Waals surface area contributed by atoms with Gasteiger partial charge >= 0.3 is 5.97 Å². The summed E-state index contributed by atoms with van der Waals surface area (Å²) in [7, 11) is 0. The van der Waals surface area contributed by atoms with E-state index in [4.69, 9.17) is 38.0 Å². The molecule has 47 heavy (non-hydrogen) atoms. The molecule has 1 amide bonds. The molecule has 0 spiro atoms. The number of hydrogen-bond donors (Lipinski definition) is 2. The highest BCUT2D eigenvalue weighted by molar-refractivity contribution is 6.36. The van der Waals surface area contributed by atoms with Crippen LogP contribution >= 0.6 is 23.2 Å². The molecule has 3 aromatic carbocycles. The maximum atomic E-state index is 13.7. The van der Waals surface area contributed by atoms with Crippen molar-refractivity contribution < 1.29 is 19.4 Å². The number of rotatable bonds is 12. The quantitative estimate of drug-likeness (QED) is 0.147. The summed E-state index contributed by atoms with van der Waals surface area (Å²) in [6.07, 6.45) is 7.53. The zero-order valence-electron chi connectivity index (χ0n) is 26.6. The first-order valence-corrected chi connectivity index (χ1v) is 16.8. The lowest BCUT2D eigenvalue weighted by molar-refractivity contribution is -0.127. The van der Waals surface area contributed by atoms with Gasteiger partial charge in [0.2, 0.25) is 5.91 Å². The first-order valence-electron chi connectivity index (χ1n) is 16.0. The average Bonchev–Trinajstić information content (AvgIpc) is 3.50. The van der Waals surface area contributed by atoms with E-state index in [1.54, 1.807) is 43.3 Å². The molecular formula is C38H39Cl2N3O4. The number of aromatic nitrogens is 2. The molecule has 5 rings (SSSR count). The number of carboxylic acids is 1. The van der Waals surface area contributed by atoms with Crippen LogP contribution in [-0.2, 0) is 24.4 Å². The van der Waals surface area contributed by atoms with Gasteiger partial charge in [-0.25, -0.2) is 9.78 Å². The number of ether oxygens (including phenoxy) is 1. The monoisotopic (exact) mass is 671 g/mol. The van der Waals surface area contributed by atoms with Crippen molar-refractivity contribution in [2.24, 2.45) is 11.8 Å². The van der Waals surface area contributed by atoms with Crippen LogP contribution in [0.15, 0.2) is 72.9 Å². The number of nitrogens with one attached hydrogen (secondary N) is 1. The standard InChI is InChI=1S/C38H39Cl2N3O4/c1-3-5-20-43-23-35(32-19-16-30(39)22-33(32)40)41-36(43)34(42-37(44)28-12-6-25(4-2)7-13-28)21-26-10-17-31(18-11-26)47-24-27-8-14-29(15-9-27)38(45)46/h8-11,14-19,22-23,25,28,34H,4,6-7,12-13,20-21,24H2,1-2H3,(H,42,44)(H,45,46)/t25?,28?,34-/m0/s1. The number of hydrogen-bond acceptors (Lipinski definition) is 4. The molecule has 1 saturated carbocycles. The molecule has 1 aromatic heterocycles. The largest absolute Gasteiger partial charge is 0.489 e. The molecule has 1 fully saturated rings. The number of amides is 1. The van der Waals surface area contributed by atoms with Crippen molar-refractivity contribution in [3.05, 3.63) is 105 Å². The van der Waals surface area contributed by atoms with Crippen LogP contribution in [0, 0.1) is 23.7 Å². The Kier molecular flexibility index (Phi) is 11.6. The first kappa shape index (κ1) is 34.1. The number of aromatic carboxylic acids is 1. The number of imidazole rings is 1. The second-order valence-corrected chi connectivity index (χ2v) is 12.8. The van der Waals surface area contributed by atoms with Gasteiger partial charge in [-0.15, -0.1) is 5.92 Å². The van der Waals surface area contributed by atoms with E-state index in [9.17, 15) is 9.59 Å². The van der Waals surface area contributed by atoms with Crippen molar-refractivity contribution in [2.75, 3.05) is 0 Å². The van der Waals surface area contributed by atoms with E-state index in [-0.39, 0.29) is 17.4 Å². The second-order valence-electron chi connectivity index (χ2n) is 12.0. The fraction of sp³-hybridized carbons (Fsp3) is 0.342. The highest BCUT2D eigenvalue weighted by atomic mass is 35.5. The fourth-order valence-electron chi connectivity index (χ4n) is 6.02. The molecule has 0 unspecified atom stereocenters. The van der Waals surface area contributed by atoms with Gasteiger partial charge in [-0.3, -0.25) is 4.79 Å². The normalized spacial score (nSPS) is 16.5. The average molecular weight is 673 g/mol. The van der Waals surface area contributed by atoms with Crippen molar-refractivity contribution in [2.45, 2.75) is 71.6 Å². The SMILES string of the molecule is CC#CCn1cc(-c2ccc(Cl)cc2Cl)nc1[C@H](Cc1ccc(OCc2ccc(C(=O)O)cc2)cc1)NC(=O)C1CCC(CC)CC1. The Morgan fingerprint density at radius 3 is 2.36 bits per heavy atom. The Morgan fingerprint density at radius 1 is 1.02 bits per heavy atom. The van der Waals surface area contributed by atoms with Crippen LogP contribution in [0.25, 0.3) is 11.3 Å². The lowest BCUT2D eigenvalue weighted by Crippen LogP contribution is -2.37. The van der Waals surface area contributed by atoms with E-state index < -0.39 is 12.0 Å². The minimum Gasteiger partial charge on any atom is -0.489 e. The lowest BCUT2D eigenvalue weighted by atomic mass is 9.80. The number of halogens is 2. The number of benzene rings is 3. The number of carbonyl (C=O) groups excluding carboxylic acids is 1. The third-order valence-electron chi connectivity index (χ3n) is 8.83. The predicted molar refractivity (Wildman–Crippen MR) is 186 cm³/mol. The summed E-state index contributed by atoms with van der Waals surface area (Å²) in [5.74, 6) is 7.27. The van der Waals surface area contributed by atoms with E-state index in [0.29, 0.717) is 52.8 Å². The fourth-order valence-corrected chi connectivity index (χ4v) is 6.53. The van der Waals surface area contributed by atoms with E-state index in [0.717, 1.165) is 48.8 Å². The van der Waals surface area contributed by atoms with Crippen LogP contribution in [0.5, 0.6) is 5.75 Å². The first-order chi connectivity index (χ1) is 22.7. The molecule has 244 valence electrons. The molecule has 0 radical (unpaired) electrons. The molecule has 1 aliphatic rings. The van der Waals surface area contributed by atoms with Gasteiger partial charge in [-0.2, -0.15) is 0 Å². The van der Waals surface area contributed by atoms with Crippen LogP contribution in [0.1, 0.15) is 79.3 Å². The van der Waals surface area contributed by atoms with Gasteiger partial charge in [0.05, 0.1) is 28.9 Å². The van der Waals surface area contributed by atoms with E-state index in [1.807, 2.05) is 41.1 Å². The van der Waals surface area contributed by atoms with Crippen molar-refractivity contribution in [3.8, 4) is 28.8 Å². The predicted octanol–water partition coefficient (Wildman–Crippen LogP) is 8.77. The molecule has 9 heteroatoms. The molecule has 4 aromatic rings. The smallest absolute Gasteiger partial charge is 0.335 e. The Balaban J connectivity index is 1.39. The molecule has 0 bridgehead atoms. The number of nitrogens with zero attached hydrogens (tertiary/aromatic N) is 2. The molecule has 0 aliphatic heterocycles. The Hall–Kier alpha value is -4.25. The maximum absolute atomic E-state index is 13.7. The maximum Gasteiger partial charge on any atom is 0.335 e. The third kappa shape index (κ3) is 8.97. The Morgan fingerprint density at radius 2 is 1.72 bits per heavy atom. The molecule has 7 nitrogen and oxygen atoms in total. The van der Waals surface area contributed by atoms with E-state index >= 15 is 0 Å². The van der Waals surface area contributed by atoms with Gasteiger partial charge < -0.3 is 19.7 Å². The van der Waals surface area contributed by atoms with Gasteiger partial charge in [0, 0.05) is 22.7 Å². The second kappa shape index (κ2) is 16.0. The zero-order chi connectivity index (χ0) is 33.3. The van der Waals surface area contributed by atoms with Crippen LogP contribution in [0.3, 0.4) is 0 Å². The van der Waals surface area contributed by atoms with Crippen molar-refractivity contribution in [1.82, 2.24) is 14.9 Å². The number of carbonyl (C=O) groups is 2. The van der Waals surface area contributed by atoms with E-state index in [2.05, 4.69) is 24.1 Å². The summed E-state index contributed by atoms with van der Waals surface area (Å²) in [5, 5.41) is 13.5. The Bertz CT molecular complexity index is 1750. The van der Waals surface area contributed by atoms with Crippen LogP contribution in [-0.4, -0.2) is 26.5 Å². The highest BCUT2D eigenvalue weighted by Crippen LogP contribution is 2.34. The highest BCUT2D eigenvalue weighted by Gasteiger charge is 2.29. The van der Waals surface area contributed by atoms with Gasteiger partial charge in [0.25, 0.3) is 0 Å². The summed E-state index contributed by atoms with van der Waals surface area (Å²) in [6, 6.07) is 19.3. The topological polar surface area (TPSA) is 93.5 Å². The summed E-state index contributed by atoms with van der Waals surface area (Å²) >= 11 is 12.8. The van der Waals surface area contributed by atoms with Crippen molar-refractivity contribution in [3.63, 3.8) is 0 Å². The molecule has 0 saturated heterocycles. The van der Waals surface area contributed by atoms with Gasteiger partial charge in [-0.05, 0) is 98.5 Å². The summed E-state index contributed by atoms with van der Waals surface area (Å²) in [5.41, 5.74) is 3.54. The molecule has 1 heterocycles. The molecular weight excluding hydrogens is 633 g/mol. The summed E-state index contributed by atoms with van der Waals surface area (Å²) in [4.78, 5) is 29.9. The third-order valence-corrected chi connectivity index (χ3v) is 9.38. The molecule has 1 aliphatic carbocycles. The van der Waals surface area contributed by atoms with Crippen molar-refractivity contribution in [1.29, 1.82) is 0 Å². The minimum atomic E-state index is -0.961. The molecule has 1 atom stereocenters. The van der Waals surface area contributed by atoms with Crippen molar-refractivity contribution >= 4 is 35.1 Å². The van der Waals surface area contributed by atoms with Crippen LogP contribution in [0.2, 0.25) is 10.0 Å². The summed E-state index contributed by atoms with van der Waals surface area (Å²) in [6.45, 7) is 4.75.